The third-order valence-electron chi connectivity index (χ3n) is 3.67. The van der Waals surface area contributed by atoms with E-state index in [9.17, 15) is 14.9 Å². The SMILES string of the molecule is O=C(O)COc1ccccc1Oc1cc(Oc2ccc(Cl)cc2Cl)ccc1[N+](=O)[O-]. The summed E-state index contributed by atoms with van der Waals surface area (Å²) in [5.74, 6) is -0.570. The molecule has 0 unspecified atom stereocenters. The molecule has 0 heterocycles. The lowest BCUT2D eigenvalue weighted by molar-refractivity contribution is -0.385. The van der Waals surface area contributed by atoms with E-state index in [0.29, 0.717) is 10.8 Å². The van der Waals surface area contributed by atoms with Crippen molar-refractivity contribution in [2.75, 3.05) is 6.61 Å². The number of nitro benzene ring substituents is 1. The Morgan fingerprint density at radius 2 is 1.67 bits per heavy atom. The Balaban J connectivity index is 1.93. The van der Waals surface area contributed by atoms with Crippen LogP contribution in [0.15, 0.2) is 60.7 Å². The molecule has 0 amide bonds. The molecule has 0 aliphatic heterocycles. The molecule has 0 radical (unpaired) electrons. The van der Waals surface area contributed by atoms with E-state index in [-0.39, 0.29) is 33.7 Å². The highest BCUT2D eigenvalue weighted by Gasteiger charge is 2.19. The van der Waals surface area contributed by atoms with Gasteiger partial charge in [0.15, 0.2) is 18.1 Å². The summed E-state index contributed by atoms with van der Waals surface area (Å²) >= 11 is 12.0. The standard InChI is InChI=1S/C20H13Cl2NO7/c21-12-5-8-16(14(22)9-12)29-13-6-7-15(23(26)27)19(10-13)30-18-4-2-1-3-17(18)28-11-20(24)25/h1-10H,11H2,(H,24,25). The molecule has 154 valence electrons. The first-order chi connectivity index (χ1) is 14.3. The van der Waals surface area contributed by atoms with Crippen LogP contribution in [0.5, 0.6) is 28.7 Å². The van der Waals surface area contributed by atoms with Gasteiger partial charge >= 0.3 is 11.7 Å². The smallest absolute Gasteiger partial charge is 0.341 e. The average molecular weight is 450 g/mol. The molecule has 0 atom stereocenters. The third-order valence-corrected chi connectivity index (χ3v) is 4.20. The predicted molar refractivity (Wildman–Crippen MR) is 109 cm³/mol. The minimum Gasteiger partial charge on any atom is -0.479 e. The van der Waals surface area contributed by atoms with Crippen molar-refractivity contribution in [3.63, 3.8) is 0 Å². The molecule has 0 bridgehead atoms. The molecule has 0 fully saturated rings. The Kier molecular flexibility index (Phi) is 6.61. The third kappa shape index (κ3) is 5.31. The molecule has 3 aromatic carbocycles. The second kappa shape index (κ2) is 9.34. The fourth-order valence-electron chi connectivity index (χ4n) is 2.39. The quantitative estimate of drug-likeness (QED) is 0.334. The normalized spacial score (nSPS) is 10.3. The second-order valence-corrected chi connectivity index (χ2v) is 6.64. The first-order valence-corrected chi connectivity index (χ1v) is 9.12. The maximum Gasteiger partial charge on any atom is 0.341 e. The highest BCUT2D eigenvalue weighted by molar-refractivity contribution is 6.35. The number of para-hydroxylation sites is 2. The maximum absolute atomic E-state index is 11.4. The van der Waals surface area contributed by atoms with E-state index in [1.807, 2.05) is 0 Å². The van der Waals surface area contributed by atoms with E-state index in [1.54, 1.807) is 24.3 Å². The number of nitro groups is 1. The summed E-state index contributed by atoms with van der Waals surface area (Å²) in [6.45, 7) is -0.597. The first-order valence-electron chi connectivity index (χ1n) is 8.36. The van der Waals surface area contributed by atoms with Crippen LogP contribution in [0, 0.1) is 10.1 Å². The summed E-state index contributed by atoms with van der Waals surface area (Å²) in [4.78, 5) is 21.6. The average Bonchev–Trinajstić information content (AvgIpc) is 2.69. The Morgan fingerprint density at radius 1 is 0.933 bits per heavy atom. The van der Waals surface area contributed by atoms with Gasteiger partial charge in [0.1, 0.15) is 11.5 Å². The summed E-state index contributed by atoms with van der Waals surface area (Å²) in [5, 5.41) is 20.9. The fourth-order valence-corrected chi connectivity index (χ4v) is 2.83. The second-order valence-electron chi connectivity index (χ2n) is 5.79. The molecule has 0 aliphatic carbocycles. The van der Waals surface area contributed by atoms with Crippen molar-refractivity contribution in [2.24, 2.45) is 0 Å². The Bertz CT molecular complexity index is 1100. The molecule has 1 N–H and O–H groups in total. The topological polar surface area (TPSA) is 108 Å². The predicted octanol–water partition coefficient (Wildman–Crippen LogP) is 5.95. The number of nitrogens with zero attached hydrogens (tertiary/aromatic N) is 1. The van der Waals surface area contributed by atoms with Crippen molar-refractivity contribution in [3.8, 4) is 28.7 Å². The first kappa shape index (κ1) is 21.2. The van der Waals surface area contributed by atoms with Gasteiger partial charge in [0.05, 0.1) is 9.95 Å². The number of benzene rings is 3. The lowest BCUT2D eigenvalue weighted by Gasteiger charge is -2.13. The highest BCUT2D eigenvalue weighted by atomic mass is 35.5. The van der Waals surface area contributed by atoms with Crippen LogP contribution in [0.2, 0.25) is 10.0 Å². The van der Waals surface area contributed by atoms with Gasteiger partial charge in [-0.3, -0.25) is 10.1 Å². The van der Waals surface area contributed by atoms with Crippen LogP contribution in [-0.2, 0) is 4.79 Å². The number of hydrogen-bond donors (Lipinski definition) is 1. The highest BCUT2D eigenvalue weighted by Crippen LogP contribution is 2.40. The van der Waals surface area contributed by atoms with Crippen molar-refractivity contribution in [2.45, 2.75) is 0 Å². The van der Waals surface area contributed by atoms with Crippen LogP contribution in [0.3, 0.4) is 0 Å². The Labute approximate surface area is 180 Å². The van der Waals surface area contributed by atoms with E-state index in [0.717, 1.165) is 0 Å². The zero-order valence-electron chi connectivity index (χ0n) is 15.1. The molecular weight excluding hydrogens is 437 g/mol. The summed E-state index contributed by atoms with van der Waals surface area (Å²) < 4.78 is 16.5. The van der Waals surface area contributed by atoms with Crippen LogP contribution in [0.4, 0.5) is 5.69 Å². The van der Waals surface area contributed by atoms with Gasteiger partial charge in [-0.15, -0.1) is 0 Å². The van der Waals surface area contributed by atoms with E-state index in [2.05, 4.69) is 0 Å². The molecule has 0 aliphatic rings. The summed E-state index contributed by atoms with van der Waals surface area (Å²) in [7, 11) is 0. The zero-order chi connectivity index (χ0) is 21.7. The van der Waals surface area contributed by atoms with Crippen LogP contribution < -0.4 is 14.2 Å². The molecule has 0 aromatic heterocycles. The van der Waals surface area contributed by atoms with E-state index < -0.39 is 17.5 Å². The Morgan fingerprint density at radius 3 is 2.33 bits per heavy atom. The van der Waals surface area contributed by atoms with E-state index >= 15 is 0 Å². The van der Waals surface area contributed by atoms with Crippen LogP contribution >= 0.6 is 23.2 Å². The summed E-state index contributed by atoms with van der Waals surface area (Å²) in [6, 6.07) is 14.8. The van der Waals surface area contributed by atoms with Gasteiger partial charge in [-0.1, -0.05) is 35.3 Å². The number of ether oxygens (including phenoxy) is 3. The van der Waals surface area contributed by atoms with Crippen molar-refractivity contribution in [1.29, 1.82) is 0 Å². The Hall–Kier alpha value is -3.49. The summed E-state index contributed by atoms with van der Waals surface area (Å²) in [6.07, 6.45) is 0. The minimum atomic E-state index is -1.17. The largest absolute Gasteiger partial charge is 0.479 e. The van der Waals surface area contributed by atoms with Gasteiger partial charge in [0.2, 0.25) is 5.75 Å². The molecule has 0 saturated heterocycles. The molecule has 3 aromatic rings. The van der Waals surface area contributed by atoms with Crippen molar-refractivity contribution >= 4 is 34.9 Å². The van der Waals surface area contributed by atoms with Crippen molar-refractivity contribution in [1.82, 2.24) is 0 Å². The van der Waals surface area contributed by atoms with Gasteiger partial charge in [-0.25, -0.2) is 4.79 Å². The van der Waals surface area contributed by atoms with Crippen molar-refractivity contribution < 1.29 is 29.0 Å². The molecule has 3 rings (SSSR count). The van der Waals surface area contributed by atoms with E-state index in [4.69, 9.17) is 42.5 Å². The lowest BCUT2D eigenvalue weighted by Crippen LogP contribution is -2.09. The number of hydrogen-bond acceptors (Lipinski definition) is 6. The molecule has 30 heavy (non-hydrogen) atoms. The van der Waals surface area contributed by atoms with Crippen LogP contribution in [-0.4, -0.2) is 22.6 Å². The van der Waals surface area contributed by atoms with Gasteiger partial charge in [-0.2, -0.15) is 0 Å². The van der Waals surface area contributed by atoms with Crippen LogP contribution in [0.25, 0.3) is 0 Å². The number of rotatable bonds is 8. The van der Waals surface area contributed by atoms with Gasteiger partial charge in [0, 0.05) is 17.2 Å². The number of halogens is 2. The minimum absolute atomic E-state index is 0.100. The number of carbonyl (C=O) groups is 1. The van der Waals surface area contributed by atoms with E-state index in [1.165, 1.54) is 36.4 Å². The van der Waals surface area contributed by atoms with Gasteiger partial charge < -0.3 is 19.3 Å². The molecule has 10 heteroatoms. The van der Waals surface area contributed by atoms with Gasteiger partial charge in [0.25, 0.3) is 0 Å². The molecular formula is C20H13Cl2NO7. The zero-order valence-corrected chi connectivity index (χ0v) is 16.6. The number of carboxylic acids is 1. The molecule has 0 spiro atoms. The van der Waals surface area contributed by atoms with Crippen LogP contribution in [0.1, 0.15) is 0 Å². The molecule has 8 nitrogen and oxygen atoms in total. The van der Waals surface area contributed by atoms with Crippen molar-refractivity contribution in [3.05, 3.63) is 80.8 Å². The fraction of sp³-hybridized carbons (Fsp3) is 0.0500. The number of carboxylic acid groups (broad SMARTS) is 1. The number of aliphatic carboxylic acids is 1. The lowest BCUT2D eigenvalue weighted by atomic mass is 10.2. The molecule has 0 saturated carbocycles. The monoisotopic (exact) mass is 449 g/mol. The maximum atomic E-state index is 11.4. The summed E-state index contributed by atoms with van der Waals surface area (Å²) in [5.41, 5.74) is -0.322. The van der Waals surface area contributed by atoms with Gasteiger partial charge in [-0.05, 0) is 36.4 Å².